The van der Waals surface area contributed by atoms with Gasteiger partial charge in [-0.05, 0) is 37.5 Å². The number of hydrogen-bond donors (Lipinski definition) is 0. The van der Waals surface area contributed by atoms with Crippen molar-refractivity contribution in [2.24, 2.45) is 7.05 Å². The number of aromatic nitrogens is 4. The number of alkyl halides is 10. The van der Waals surface area contributed by atoms with Gasteiger partial charge in [0, 0.05) is 25.4 Å². The van der Waals surface area contributed by atoms with Gasteiger partial charge in [0.15, 0.2) is 11.4 Å². The lowest BCUT2D eigenvalue weighted by atomic mass is 10.0. The van der Waals surface area contributed by atoms with Crippen LogP contribution in [0.25, 0.3) is 16.9 Å². The molecule has 0 spiro atoms. The maximum Gasteiger partial charge on any atom is 0.450 e. The first kappa shape index (κ1) is 34.8. The molecular weight excluding hydrogens is 694 g/mol. The molecule has 46 heavy (non-hydrogen) atoms. The molecule has 1 aromatic carbocycles. The van der Waals surface area contributed by atoms with Crippen LogP contribution < -0.4 is 4.18 Å². The average Bonchev–Trinajstić information content (AvgIpc) is 3.41. The Labute approximate surface area is 256 Å². The van der Waals surface area contributed by atoms with Crippen molar-refractivity contribution in [3.63, 3.8) is 0 Å². The van der Waals surface area contributed by atoms with Gasteiger partial charge in [-0.3, -0.25) is 4.79 Å². The zero-order chi connectivity index (χ0) is 34.8. The van der Waals surface area contributed by atoms with Crippen LogP contribution in [-0.4, -0.2) is 68.2 Å². The van der Waals surface area contributed by atoms with E-state index in [9.17, 15) is 62.4 Å². The van der Waals surface area contributed by atoms with E-state index in [4.69, 9.17) is 11.6 Å². The molecule has 250 valence electrons. The number of nitriles is 1. The van der Waals surface area contributed by atoms with Crippen molar-refractivity contribution in [2.45, 2.75) is 48.8 Å². The van der Waals surface area contributed by atoms with Gasteiger partial charge in [0.05, 0.1) is 22.9 Å². The highest BCUT2D eigenvalue weighted by atomic mass is 35.5. The predicted octanol–water partition coefficient (Wildman–Crippen LogP) is 5.96. The Hall–Kier alpha value is -4.06. The van der Waals surface area contributed by atoms with Gasteiger partial charge in [0.1, 0.15) is 5.54 Å². The fourth-order valence-electron chi connectivity index (χ4n) is 4.47. The van der Waals surface area contributed by atoms with E-state index >= 15 is 0 Å². The van der Waals surface area contributed by atoms with E-state index in [1.165, 1.54) is 23.1 Å². The van der Waals surface area contributed by atoms with Crippen molar-refractivity contribution < 1.29 is 61.3 Å². The number of nitrogens with zero attached hydrogens (tertiary/aromatic N) is 6. The van der Waals surface area contributed by atoms with E-state index in [0.29, 0.717) is 24.6 Å². The number of rotatable bonds is 8. The SMILES string of the molecule is CCN(C(=O)c1cc(-c2cnn(-c3c(C(F)(F)F)c(OS(=O)(=O)C(F)(C(F)(F)F)C(F)(F)F)nn3C)c2)ccc1Cl)C1(C#N)CC1. The number of halogens is 11. The number of aryl methyl sites for hydroxylation is 1. The van der Waals surface area contributed by atoms with Crippen LogP contribution in [0.4, 0.5) is 43.9 Å². The summed E-state index contributed by atoms with van der Waals surface area (Å²) in [6, 6.07) is 5.92. The number of hydrogen-bond acceptors (Lipinski definition) is 7. The molecule has 0 atom stereocenters. The van der Waals surface area contributed by atoms with Gasteiger partial charge >= 0.3 is 33.6 Å². The van der Waals surface area contributed by atoms with Crippen molar-refractivity contribution in [1.82, 2.24) is 24.5 Å². The third-order valence-corrected chi connectivity index (χ3v) is 8.73. The average molecular weight is 711 g/mol. The van der Waals surface area contributed by atoms with Crippen molar-refractivity contribution in [2.75, 3.05) is 6.54 Å². The highest BCUT2D eigenvalue weighted by Crippen LogP contribution is 2.51. The maximum atomic E-state index is 14.2. The van der Waals surface area contributed by atoms with Crippen LogP contribution in [0.2, 0.25) is 5.02 Å². The summed E-state index contributed by atoms with van der Waals surface area (Å²) in [5.74, 6) is -4.25. The summed E-state index contributed by atoms with van der Waals surface area (Å²) in [6.45, 7) is 1.77. The predicted molar refractivity (Wildman–Crippen MR) is 136 cm³/mol. The van der Waals surface area contributed by atoms with Crippen molar-refractivity contribution in [1.29, 1.82) is 5.26 Å². The van der Waals surface area contributed by atoms with Gasteiger partial charge in [0.25, 0.3) is 11.8 Å². The fraction of sp³-hybridized carbons (Fsp3) is 0.417. The van der Waals surface area contributed by atoms with E-state index in [2.05, 4.69) is 20.4 Å². The Morgan fingerprint density at radius 2 is 1.67 bits per heavy atom. The zero-order valence-electron chi connectivity index (χ0n) is 22.9. The number of amides is 1. The summed E-state index contributed by atoms with van der Waals surface area (Å²) in [5, 5.41) is 8.98. The summed E-state index contributed by atoms with van der Waals surface area (Å²) in [7, 11) is -6.94. The van der Waals surface area contributed by atoms with Crippen molar-refractivity contribution >= 4 is 27.6 Å². The van der Waals surface area contributed by atoms with Crippen molar-refractivity contribution in [3.8, 4) is 28.9 Å². The van der Waals surface area contributed by atoms with E-state index < -0.39 is 62.4 Å². The van der Waals surface area contributed by atoms with E-state index in [1.807, 2.05) is 0 Å². The Balaban J connectivity index is 1.79. The molecule has 1 amide bonds. The number of benzene rings is 1. The highest BCUT2D eigenvalue weighted by Gasteiger charge is 2.82. The summed E-state index contributed by atoms with van der Waals surface area (Å²) in [5.41, 5.74) is -3.33. The monoisotopic (exact) mass is 710 g/mol. The lowest BCUT2D eigenvalue weighted by Gasteiger charge is -2.28. The van der Waals surface area contributed by atoms with Gasteiger partial charge in [-0.15, -0.1) is 5.10 Å². The molecule has 0 N–H and O–H groups in total. The minimum Gasteiger partial charge on any atom is -0.356 e. The van der Waals surface area contributed by atoms with Crippen LogP contribution in [0.1, 0.15) is 35.7 Å². The number of carbonyl (C=O) groups is 1. The lowest BCUT2D eigenvalue weighted by molar-refractivity contribution is -0.307. The molecule has 1 fully saturated rings. The zero-order valence-corrected chi connectivity index (χ0v) is 24.5. The first-order valence-electron chi connectivity index (χ1n) is 12.4. The first-order chi connectivity index (χ1) is 21.0. The first-order valence-corrected chi connectivity index (χ1v) is 14.2. The Bertz CT molecular complexity index is 1820. The second-order valence-electron chi connectivity index (χ2n) is 9.81. The molecular formula is C24H17ClF10N6O4S. The highest BCUT2D eigenvalue weighted by molar-refractivity contribution is 7.88. The minimum absolute atomic E-state index is 0.0171. The molecule has 0 unspecified atom stereocenters. The summed E-state index contributed by atoms with van der Waals surface area (Å²) in [6.07, 6.45) is -17.6. The smallest absolute Gasteiger partial charge is 0.356 e. The molecule has 4 rings (SSSR count). The normalized spacial score (nSPS) is 15.4. The van der Waals surface area contributed by atoms with Gasteiger partial charge in [-0.2, -0.15) is 58.3 Å². The molecule has 2 heterocycles. The third-order valence-electron chi connectivity index (χ3n) is 6.87. The molecule has 2 aromatic heterocycles. The van der Waals surface area contributed by atoms with Gasteiger partial charge < -0.3 is 9.08 Å². The summed E-state index contributed by atoms with van der Waals surface area (Å²) in [4.78, 5) is 14.6. The lowest BCUT2D eigenvalue weighted by Crippen LogP contribution is -2.60. The topological polar surface area (TPSA) is 123 Å². The van der Waals surface area contributed by atoms with E-state index in [-0.39, 0.29) is 32.9 Å². The summed E-state index contributed by atoms with van der Waals surface area (Å²) >= 11 is 6.21. The van der Waals surface area contributed by atoms with E-state index in [0.717, 1.165) is 12.4 Å². The molecule has 3 aromatic rings. The minimum atomic E-state index is -7.62. The molecule has 1 aliphatic carbocycles. The Morgan fingerprint density at radius 1 is 1.09 bits per heavy atom. The van der Waals surface area contributed by atoms with Crippen LogP contribution >= 0.6 is 11.6 Å². The fourth-order valence-corrected chi connectivity index (χ4v) is 5.67. The third kappa shape index (κ3) is 5.61. The second kappa shape index (κ2) is 11.0. The van der Waals surface area contributed by atoms with Gasteiger partial charge in [0.2, 0.25) is 0 Å². The molecule has 0 radical (unpaired) electrons. The van der Waals surface area contributed by atoms with Crippen molar-refractivity contribution in [3.05, 3.63) is 46.7 Å². The van der Waals surface area contributed by atoms with Crippen LogP contribution in [0.5, 0.6) is 5.88 Å². The van der Waals surface area contributed by atoms with Crippen LogP contribution in [-0.2, 0) is 23.3 Å². The quantitative estimate of drug-likeness (QED) is 0.209. The van der Waals surface area contributed by atoms with Gasteiger partial charge in [-0.25, -0.2) is 13.8 Å². The molecule has 22 heteroatoms. The largest absolute Gasteiger partial charge is 0.450 e. The Morgan fingerprint density at radius 3 is 2.15 bits per heavy atom. The Kier molecular flexibility index (Phi) is 8.35. The van der Waals surface area contributed by atoms with Crippen LogP contribution in [0, 0.1) is 11.3 Å². The standard InChI is InChI=1S/C24H17ClF10N6O4S/c1-3-40(20(11-36)6-7-20)19(42)14-8-12(4-5-15(14)25)13-9-37-41(10-13)18-16(21(26,27)28)17(38-39(18)2)45-46(43,44)22(29,23(30,31)32)24(33,34)35/h4-5,8-10H,3,6-7H2,1-2H3. The molecule has 10 nitrogen and oxygen atoms in total. The molecule has 1 aliphatic rings. The molecule has 0 saturated heterocycles. The van der Waals surface area contributed by atoms with Crippen LogP contribution in [0.3, 0.4) is 0 Å². The maximum absolute atomic E-state index is 14.2. The van der Waals surface area contributed by atoms with E-state index in [1.54, 1.807) is 6.92 Å². The molecule has 0 bridgehead atoms. The molecule has 0 aliphatic heterocycles. The summed E-state index contributed by atoms with van der Waals surface area (Å²) < 4.78 is 163. The number of carbonyl (C=O) groups excluding carboxylic acids is 1. The van der Waals surface area contributed by atoms with Gasteiger partial charge in [-0.1, -0.05) is 17.7 Å². The van der Waals surface area contributed by atoms with Crippen LogP contribution in [0.15, 0.2) is 30.6 Å². The second-order valence-corrected chi connectivity index (χ2v) is 11.9. The molecule has 1 saturated carbocycles.